The summed E-state index contributed by atoms with van der Waals surface area (Å²) in [6, 6.07) is 15.6. The quantitative estimate of drug-likeness (QED) is 0.687. The Labute approximate surface area is 141 Å². The average molecular weight is 376 g/mol. The summed E-state index contributed by atoms with van der Waals surface area (Å²) in [5.41, 5.74) is 9.19. The van der Waals surface area contributed by atoms with Gasteiger partial charge in [0.15, 0.2) is 0 Å². The molecule has 0 aliphatic heterocycles. The van der Waals surface area contributed by atoms with Crippen LogP contribution in [0.3, 0.4) is 0 Å². The van der Waals surface area contributed by atoms with E-state index in [1.807, 2.05) is 55.5 Å². The number of halogens is 1. The first-order valence-electron chi connectivity index (χ1n) is 6.73. The van der Waals surface area contributed by atoms with Gasteiger partial charge in [0.25, 0.3) is 4.84 Å². The number of aryl methyl sites for hydroxylation is 1. The Kier molecular flexibility index (Phi) is 4.24. The Hall–Kier alpha value is -1.76. The van der Waals surface area contributed by atoms with Gasteiger partial charge in [-0.3, -0.25) is 0 Å². The summed E-state index contributed by atoms with van der Waals surface area (Å²) in [6.45, 7) is 2.03. The zero-order valence-corrected chi connectivity index (χ0v) is 14.3. The first kappa shape index (κ1) is 15.1. The fraction of sp³-hybridized carbons (Fsp3) is 0.125. The van der Waals surface area contributed by atoms with E-state index in [1.165, 1.54) is 10.2 Å². The van der Waals surface area contributed by atoms with E-state index < -0.39 is 6.17 Å². The second-order valence-electron chi connectivity index (χ2n) is 4.95. The molecular weight excluding hydrogens is 362 g/mol. The van der Waals surface area contributed by atoms with Crippen molar-refractivity contribution in [3.63, 3.8) is 0 Å². The summed E-state index contributed by atoms with van der Waals surface area (Å²) in [4.78, 5) is 0.249. The molecule has 0 fully saturated rings. The Morgan fingerprint density at radius 1 is 1.18 bits per heavy atom. The van der Waals surface area contributed by atoms with Crippen molar-refractivity contribution < 1.29 is 4.42 Å². The molecule has 22 heavy (non-hydrogen) atoms. The van der Waals surface area contributed by atoms with Crippen molar-refractivity contribution >= 4 is 28.1 Å². The third-order valence-electron chi connectivity index (χ3n) is 3.36. The molecule has 0 aliphatic rings. The second-order valence-corrected chi connectivity index (χ2v) is 6.16. The molecule has 0 saturated heterocycles. The Morgan fingerprint density at radius 3 is 2.55 bits per heavy atom. The molecule has 112 valence electrons. The van der Waals surface area contributed by atoms with Gasteiger partial charge in [0, 0.05) is 4.47 Å². The van der Waals surface area contributed by atoms with Crippen LogP contribution in [0.2, 0.25) is 0 Å². The standard InChI is InChI=1S/C16H14BrN3OS/c1-10-6-8-11(9-7-10)14(18)20-16(22)21-15(19-20)12-4-2-3-5-13(12)17/h2-9,14H,18H2,1H3. The summed E-state index contributed by atoms with van der Waals surface area (Å²) >= 11 is 8.74. The average Bonchev–Trinajstić information content (AvgIpc) is 2.89. The first-order chi connectivity index (χ1) is 10.6. The maximum Gasteiger partial charge on any atom is 0.289 e. The number of benzene rings is 2. The predicted molar refractivity (Wildman–Crippen MR) is 92.0 cm³/mol. The summed E-state index contributed by atoms with van der Waals surface area (Å²) < 4.78 is 8.02. The molecule has 2 N–H and O–H groups in total. The van der Waals surface area contributed by atoms with E-state index in [9.17, 15) is 0 Å². The van der Waals surface area contributed by atoms with Crippen molar-refractivity contribution in [1.82, 2.24) is 9.78 Å². The van der Waals surface area contributed by atoms with Crippen molar-refractivity contribution in [3.8, 4) is 11.5 Å². The molecule has 1 heterocycles. The first-order valence-corrected chi connectivity index (χ1v) is 7.93. The van der Waals surface area contributed by atoms with E-state index in [0.717, 1.165) is 15.6 Å². The zero-order valence-electron chi connectivity index (χ0n) is 11.9. The molecular formula is C16H14BrN3OS. The highest BCUT2D eigenvalue weighted by Crippen LogP contribution is 2.27. The van der Waals surface area contributed by atoms with Gasteiger partial charge in [-0.1, -0.05) is 42.0 Å². The second kappa shape index (κ2) is 6.16. The van der Waals surface area contributed by atoms with E-state index in [-0.39, 0.29) is 4.84 Å². The lowest BCUT2D eigenvalue weighted by Crippen LogP contribution is -2.21. The van der Waals surface area contributed by atoms with Crippen LogP contribution in [0.5, 0.6) is 0 Å². The van der Waals surface area contributed by atoms with Crippen molar-refractivity contribution in [2.45, 2.75) is 13.1 Å². The van der Waals surface area contributed by atoms with Crippen LogP contribution in [-0.4, -0.2) is 9.78 Å². The monoisotopic (exact) mass is 375 g/mol. The van der Waals surface area contributed by atoms with Gasteiger partial charge in [0.05, 0.1) is 5.56 Å². The van der Waals surface area contributed by atoms with Gasteiger partial charge in [-0.05, 0) is 52.8 Å². The van der Waals surface area contributed by atoms with E-state index in [4.69, 9.17) is 22.4 Å². The van der Waals surface area contributed by atoms with E-state index in [2.05, 4.69) is 21.0 Å². The van der Waals surface area contributed by atoms with E-state index in [1.54, 1.807) is 0 Å². The smallest absolute Gasteiger partial charge is 0.289 e. The minimum absolute atomic E-state index is 0.249. The molecule has 0 radical (unpaired) electrons. The van der Waals surface area contributed by atoms with Gasteiger partial charge in [-0.2, -0.15) is 4.68 Å². The van der Waals surface area contributed by atoms with Crippen LogP contribution < -0.4 is 5.73 Å². The fourth-order valence-electron chi connectivity index (χ4n) is 2.11. The van der Waals surface area contributed by atoms with E-state index >= 15 is 0 Å². The van der Waals surface area contributed by atoms with Gasteiger partial charge >= 0.3 is 0 Å². The molecule has 0 aliphatic carbocycles. The largest absolute Gasteiger partial charge is 0.409 e. The molecule has 3 aromatic rings. The Balaban J connectivity index is 2.01. The van der Waals surface area contributed by atoms with Crippen LogP contribution in [0.1, 0.15) is 17.3 Å². The van der Waals surface area contributed by atoms with Crippen LogP contribution in [0, 0.1) is 11.8 Å². The Bertz CT molecular complexity index is 854. The minimum Gasteiger partial charge on any atom is -0.409 e. The van der Waals surface area contributed by atoms with Crippen LogP contribution in [0.4, 0.5) is 0 Å². The molecule has 1 atom stereocenters. The van der Waals surface area contributed by atoms with Crippen LogP contribution in [0.25, 0.3) is 11.5 Å². The summed E-state index contributed by atoms with van der Waals surface area (Å²) in [7, 11) is 0. The molecule has 0 spiro atoms. The van der Waals surface area contributed by atoms with Gasteiger partial charge in [0.2, 0.25) is 5.89 Å². The lowest BCUT2D eigenvalue weighted by atomic mass is 10.1. The van der Waals surface area contributed by atoms with Crippen LogP contribution in [0.15, 0.2) is 57.4 Å². The molecule has 2 aromatic carbocycles. The topological polar surface area (TPSA) is 57.0 Å². The van der Waals surface area contributed by atoms with Crippen molar-refractivity contribution in [3.05, 3.63) is 69.0 Å². The molecule has 0 saturated carbocycles. The Morgan fingerprint density at radius 2 is 1.86 bits per heavy atom. The molecule has 6 heteroatoms. The molecule has 0 amide bonds. The number of aromatic nitrogens is 2. The minimum atomic E-state index is -0.479. The number of hydrogen-bond acceptors (Lipinski definition) is 4. The molecule has 3 rings (SSSR count). The highest BCUT2D eigenvalue weighted by Gasteiger charge is 2.16. The highest BCUT2D eigenvalue weighted by atomic mass is 79.9. The lowest BCUT2D eigenvalue weighted by molar-refractivity contribution is 0.480. The number of rotatable bonds is 3. The van der Waals surface area contributed by atoms with E-state index in [0.29, 0.717) is 5.89 Å². The molecule has 0 bridgehead atoms. The van der Waals surface area contributed by atoms with Crippen LogP contribution in [-0.2, 0) is 0 Å². The molecule has 4 nitrogen and oxygen atoms in total. The van der Waals surface area contributed by atoms with Gasteiger partial charge in [-0.15, -0.1) is 5.10 Å². The number of nitrogens with zero attached hydrogens (tertiary/aromatic N) is 2. The fourth-order valence-corrected chi connectivity index (χ4v) is 2.80. The summed E-state index contributed by atoms with van der Waals surface area (Å²) in [5, 5.41) is 4.43. The van der Waals surface area contributed by atoms with Crippen molar-refractivity contribution in [1.29, 1.82) is 0 Å². The SMILES string of the molecule is Cc1ccc(C(N)n2nc(-c3ccccc3Br)oc2=S)cc1. The third kappa shape index (κ3) is 2.90. The summed E-state index contributed by atoms with van der Waals surface area (Å²) in [6.07, 6.45) is -0.479. The highest BCUT2D eigenvalue weighted by molar-refractivity contribution is 9.10. The van der Waals surface area contributed by atoms with Crippen LogP contribution >= 0.6 is 28.1 Å². The van der Waals surface area contributed by atoms with Crippen molar-refractivity contribution in [2.24, 2.45) is 5.73 Å². The van der Waals surface area contributed by atoms with Gasteiger partial charge in [0.1, 0.15) is 6.17 Å². The lowest BCUT2D eigenvalue weighted by Gasteiger charge is -2.11. The zero-order chi connectivity index (χ0) is 15.7. The normalized spacial score (nSPS) is 12.3. The third-order valence-corrected chi connectivity index (χ3v) is 4.32. The van der Waals surface area contributed by atoms with Gasteiger partial charge in [-0.25, -0.2) is 0 Å². The maximum atomic E-state index is 6.26. The number of nitrogens with two attached hydrogens (primary N) is 1. The van der Waals surface area contributed by atoms with Gasteiger partial charge < -0.3 is 10.2 Å². The molecule has 1 aromatic heterocycles. The molecule has 1 unspecified atom stereocenters. The van der Waals surface area contributed by atoms with Crippen molar-refractivity contribution in [2.75, 3.05) is 0 Å². The number of hydrogen-bond donors (Lipinski definition) is 1. The summed E-state index contributed by atoms with van der Waals surface area (Å²) in [5.74, 6) is 0.444. The predicted octanol–water partition coefficient (Wildman–Crippen LogP) is 4.45. The maximum absolute atomic E-state index is 6.26.